The van der Waals surface area contributed by atoms with Gasteiger partial charge in [-0.05, 0) is 25.5 Å². The molecule has 17 heavy (non-hydrogen) atoms. The molecule has 6 nitrogen and oxygen atoms in total. The second-order valence-electron chi connectivity index (χ2n) is 3.44. The summed E-state index contributed by atoms with van der Waals surface area (Å²) in [5.41, 5.74) is 5.31. The summed E-state index contributed by atoms with van der Waals surface area (Å²) in [5, 5.41) is 11.2. The molecule has 0 amide bonds. The molecule has 1 unspecified atom stereocenters. The Morgan fingerprint density at radius 2 is 2.29 bits per heavy atom. The molecule has 0 saturated carbocycles. The summed E-state index contributed by atoms with van der Waals surface area (Å²) >= 11 is 1.21. The Bertz CT molecular complexity index is 507. The summed E-state index contributed by atoms with van der Waals surface area (Å²) in [6.07, 6.45) is 0.788. The van der Waals surface area contributed by atoms with Gasteiger partial charge in [-0.2, -0.15) is 4.72 Å². The number of sulfonamides is 1. The minimum Gasteiger partial charge on any atom is -0.409 e. The number of aryl methyl sites for hydroxylation is 1. The zero-order chi connectivity index (χ0) is 13.1. The molecule has 0 aliphatic carbocycles. The monoisotopic (exact) mass is 277 g/mol. The first-order valence-electron chi connectivity index (χ1n) is 4.99. The third-order valence-electron chi connectivity index (χ3n) is 2.14. The van der Waals surface area contributed by atoms with E-state index in [1.807, 2.05) is 6.92 Å². The van der Waals surface area contributed by atoms with Gasteiger partial charge in [0.25, 0.3) is 10.0 Å². The van der Waals surface area contributed by atoms with Crippen LogP contribution in [-0.4, -0.2) is 25.5 Å². The van der Waals surface area contributed by atoms with Crippen LogP contribution in [0.5, 0.6) is 0 Å². The Hall–Kier alpha value is -1.12. The van der Waals surface area contributed by atoms with Crippen LogP contribution in [-0.2, 0) is 16.4 Å². The first-order chi connectivity index (χ1) is 7.90. The molecular formula is C9H15N3O3S2. The highest BCUT2D eigenvalue weighted by Crippen LogP contribution is 2.21. The third kappa shape index (κ3) is 3.42. The molecule has 0 saturated heterocycles. The van der Waals surface area contributed by atoms with Gasteiger partial charge in [-0.25, -0.2) is 8.42 Å². The van der Waals surface area contributed by atoms with E-state index in [4.69, 9.17) is 10.9 Å². The average Bonchev–Trinajstić information content (AvgIpc) is 2.76. The van der Waals surface area contributed by atoms with E-state index < -0.39 is 16.1 Å². The highest BCUT2D eigenvalue weighted by atomic mass is 32.2. The molecule has 1 atom stereocenters. The van der Waals surface area contributed by atoms with Gasteiger partial charge in [0.1, 0.15) is 4.21 Å². The van der Waals surface area contributed by atoms with Gasteiger partial charge >= 0.3 is 0 Å². The fourth-order valence-electron chi connectivity index (χ4n) is 1.13. The molecule has 1 heterocycles. The van der Waals surface area contributed by atoms with Crippen LogP contribution < -0.4 is 10.5 Å². The van der Waals surface area contributed by atoms with Crippen LogP contribution in [0.3, 0.4) is 0 Å². The lowest BCUT2D eigenvalue weighted by Gasteiger charge is -2.11. The quantitative estimate of drug-likeness (QED) is 0.319. The molecule has 96 valence electrons. The number of nitrogens with one attached hydrogen (secondary N) is 1. The third-order valence-corrected chi connectivity index (χ3v) is 5.40. The van der Waals surface area contributed by atoms with E-state index in [1.54, 1.807) is 12.1 Å². The molecule has 1 aromatic heterocycles. The van der Waals surface area contributed by atoms with Crippen molar-refractivity contribution >= 4 is 27.2 Å². The van der Waals surface area contributed by atoms with Crippen molar-refractivity contribution in [1.82, 2.24) is 4.72 Å². The molecule has 1 aromatic rings. The number of oxime groups is 1. The SMILES string of the molecule is CCc1ccc(S(=O)(=O)NC(C)/C(N)=N/O)s1. The zero-order valence-corrected chi connectivity index (χ0v) is 11.2. The van der Waals surface area contributed by atoms with Crippen LogP contribution in [0.1, 0.15) is 18.7 Å². The van der Waals surface area contributed by atoms with Gasteiger partial charge in [0.05, 0.1) is 6.04 Å². The van der Waals surface area contributed by atoms with Crippen LogP contribution in [0.2, 0.25) is 0 Å². The van der Waals surface area contributed by atoms with Crippen LogP contribution in [0, 0.1) is 0 Å². The molecule has 0 aliphatic rings. The van der Waals surface area contributed by atoms with Crippen molar-refractivity contribution in [2.75, 3.05) is 0 Å². The first-order valence-corrected chi connectivity index (χ1v) is 7.29. The van der Waals surface area contributed by atoms with Crippen molar-refractivity contribution in [3.8, 4) is 0 Å². The van der Waals surface area contributed by atoms with Gasteiger partial charge in [0.15, 0.2) is 5.84 Å². The number of hydrogen-bond acceptors (Lipinski definition) is 5. The van der Waals surface area contributed by atoms with E-state index in [1.165, 1.54) is 18.3 Å². The highest BCUT2D eigenvalue weighted by molar-refractivity contribution is 7.91. The summed E-state index contributed by atoms with van der Waals surface area (Å²) in [4.78, 5) is 0.988. The second-order valence-corrected chi connectivity index (χ2v) is 6.55. The predicted molar refractivity (Wildman–Crippen MR) is 66.9 cm³/mol. The Balaban J connectivity index is 2.89. The molecular weight excluding hydrogens is 262 g/mol. The largest absolute Gasteiger partial charge is 0.409 e. The molecule has 0 radical (unpaired) electrons. The average molecular weight is 277 g/mol. The Kier molecular flexibility index (Phi) is 4.49. The van der Waals surface area contributed by atoms with Crippen molar-refractivity contribution in [2.24, 2.45) is 10.9 Å². The van der Waals surface area contributed by atoms with Crippen LogP contribution >= 0.6 is 11.3 Å². The lowest BCUT2D eigenvalue weighted by atomic mass is 10.3. The predicted octanol–water partition coefficient (Wildman–Crippen LogP) is 0.724. The number of thiophene rings is 1. The molecule has 0 aromatic carbocycles. The molecule has 8 heteroatoms. The Labute approximate surface area is 104 Å². The number of rotatable bonds is 5. The van der Waals surface area contributed by atoms with Gasteiger partial charge in [-0.3, -0.25) is 0 Å². The van der Waals surface area contributed by atoms with Gasteiger partial charge in [-0.15, -0.1) is 11.3 Å². The van der Waals surface area contributed by atoms with E-state index >= 15 is 0 Å². The van der Waals surface area contributed by atoms with E-state index in [-0.39, 0.29) is 10.0 Å². The lowest BCUT2D eigenvalue weighted by Crippen LogP contribution is -2.42. The van der Waals surface area contributed by atoms with E-state index in [0.29, 0.717) is 0 Å². The number of hydrogen-bond donors (Lipinski definition) is 3. The minimum absolute atomic E-state index is 0.180. The molecule has 0 aliphatic heterocycles. The maximum absolute atomic E-state index is 11.9. The summed E-state index contributed by atoms with van der Waals surface area (Å²) in [5.74, 6) is -0.180. The summed E-state index contributed by atoms with van der Waals surface area (Å²) in [6.45, 7) is 3.45. The van der Waals surface area contributed by atoms with Crippen molar-refractivity contribution in [3.63, 3.8) is 0 Å². The molecule has 4 N–H and O–H groups in total. The second kappa shape index (κ2) is 5.48. The molecule has 0 spiro atoms. The fourth-order valence-corrected chi connectivity index (χ4v) is 3.66. The van der Waals surface area contributed by atoms with Crippen molar-refractivity contribution in [1.29, 1.82) is 0 Å². The topological polar surface area (TPSA) is 105 Å². The van der Waals surface area contributed by atoms with E-state index in [0.717, 1.165) is 11.3 Å². The van der Waals surface area contributed by atoms with Crippen LogP contribution in [0.15, 0.2) is 21.5 Å². The summed E-state index contributed by atoms with van der Waals surface area (Å²) in [6, 6.07) is 2.57. The maximum Gasteiger partial charge on any atom is 0.250 e. The smallest absolute Gasteiger partial charge is 0.250 e. The van der Waals surface area contributed by atoms with Crippen LogP contribution in [0.4, 0.5) is 0 Å². The molecule has 0 bridgehead atoms. The Morgan fingerprint density at radius 1 is 1.65 bits per heavy atom. The normalized spacial score (nSPS) is 14.8. The highest BCUT2D eigenvalue weighted by Gasteiger charge is 2.21. The van der Waals surface area contributed by atoms with Crippen molar-refractivity contribution < 1.29 is 13.6 Å². The molecule has 1 rings (SSSR count). The maximum atomic E-state index is 11.9. The van der Waals surface area contributed by atoms with Gasteiger partial charge < -0.3 is 10.9 Å². The standard InChI is InChI=1S/C9H15N3O3S2/c1-3-7-4-5-8(16-7)17(14,15)12-6(2)9(10)11-13/h4-6,12-13H,3H2,1-2H3,(H2,10,11). The van der Waals surface area contributed by atoms with Gasteiger partial charge in [0.2, 0.25) is 0 Å². The fraction of sp³-hybridized carbons (Fsp3) is 0.444. The van der Waals surface area contributed by atoms with E-state index in [2.05, 4.69) is 9.88 Å². The van der Waals surface area contributed by atoms with Gasteiger partial charge in [0, 0.05) is 4.88 Å². The number of nitrogens with zero attached hydrogens (tertiary/aromatic N) is 1. The minimum atomic E-state index is -3.61. The van der Waals surface area contributed by atoms with E-state index in [9.17, 15) is 8.42 Å². The Morgan fingerprint density at radius 3 is 2.76 bits per heavy atom. The van der Waals surface area contributed by atoms with Crippen molar-refractivity contribution in [3.05, 3.63) is 17.0 Å². The zero-order valence-electron chi connectivity index (χ0n) is 9.54. The van der Waals surface area contributed by atoms with Crippen LogP contribution in [0.25, 0.3) is 0 Å². The molecule has 0 fully saturated rings. The summed E-state index contributed by atoms with van der Waals surface area (Å²) < 4.78 is 26.4. The lowest BCUT2D eigenvalue weighted by molar-refractivity contribution is 0.316. The summed E-state index contributed by atoms with van der Waals surface area (Å²) in [7, 11) is -3.61. The number of amidine groups is 1. The van der Waals surface area contributed by atoms with Gasteiger partial charge in [-0.1, -0.05) is 12.1 Å². The first kappa shape index (κ1) is 13.9. The van der Waals surface area contributed by atoms with Crippen molar-refractivity contribution in [2.45, 2.75) is 30.5 Å². The number of nitrogens with two attached hydrogens (primary N) is 1.